The molecule has 0 aliphatic heterocycles. The normalized spacial score (nSPS) is 11.9. The number of aromatic nitrogens is 1. The van der Waals surface area contributed by atoms with Crippen LogP contribution in [0.3, 0.4) is 0 Å². The number of anilines is 3. The molecule has 0 radical (unpaired) electrons. The van der Waals surface area contributed by atoms with E-state index < -0.39 is 0 Å². The minimum atomic E-state index is 0.882. The van der Waals surface area contributed by atoms with Gasteiger partial charge in [-0.3, -0.25) is 0 Å². The van der Waals surface area contributed by atoms with Gasteiger partial charge in [0.15, 0.2) is 0 Å². The van der Waals surface area contributed by atoms with Gasteiger partial charge >= 0.3 is 0 Å². The molecule has 0 amide bonds. The summed E-state index contributed by atoms with van der Waals surface area (Å²) in [6.07, 6.45) is 0. The van der Waals surface area contributed by atoms with E-state index in [9.17, 15) is 0 Å². The number of rotatable bonds is 5. The van der Waals surface area contributed by atoms with Crippen molar-refractivity contribution >= 4 is 108 Å². The lowest BCUT2D eigenvalue weighted by Crippen LogP contribution is -2.11. The largest absolute Gasteiger partial charge is 0.456 e. The first-order valence-electron chi connectivity index (χ1n) is 17.7. The zero-order valence-corrected chi connectivity index (χ0v) is 30.7. The van der Waals surface area contributed by atoms with E-state index in [0.29, 0.717) is 0 Å². The van der Waals surface area contributed by atoms with Crippen molar-refractivity contribution in [2.75, 3.05) is 4.90 Å². The highest BCUT2D eigenvalue weighted by atomic mass is 79.9. The van der Waals surface area contributed by atoms with Crippen LogP contribution in [-0.4, -0.2) is 4.57 Å². The number of thiophene rings is 1. The molecule has 0 unspecified atom stereocenters. The summed E-state index contributed by atoms with van der Waals surface area (Å²) in [5.74, 6) is 0. The van der Waals surface area contributed by atoms with E-state index in [4.69, 9.17) is 4.42 Å². The topological polar surface area (TPSA) is 21.3 Å². The van der Waals surface area contributed by atoms with Gasteiger partial charge in [0, 0.05) is 70.2 Å². The van der Waals surface area contributed by atoms with E-state index in [1.807, 2.05) is 23.5 Å². The molecule has 5 heteroatoms. The molecule has 3 heterocycles. The van der Waals surface area contributed by atoms with Crippen LogP contribution in [0.2, 0.25) is 0 Å². The van der Waals surface area contributed by atoms with Crippen molar-refractivity contribution in [3.63, 3.8) is 0 Å². The second-order valence-electron chi connectivity index (χ2n) is 13.4. The quantitative estimate of drug-likeness (QED) is 0.174. The summed E-state index contributed by atoms with van der Waals surface area (Å²) in [5.41, 5.74) is 10.8. The molecule has 3 nitrogen and oxygen atoms in total. The molecule has 11 rings (SSSR count). The standard InChI is InChI=1S/C48H29BrN2OS/c49-31-20-18-30(19-21-31)35-12-4-7-15-42(35)50(32-10-2-1-3-11-32)33-22-24-36-40-26-27-41-39-14-6-9-17-46(39)53-48(41)47(40)51(43(36)28-33)34-23-25-38-37-13-5-8-16-44(37)52-45(38)29-34/h1-29H. The third kappa shape index (κ3) is 4.78. The summed E-state index contributed by atoms with van der Waals surface area (Å²) >= 11 is 5.50. The minimum Gasteiger partial charge on any atom is -0.456 e. The molecule has 53 heavy (non-hydrogen) atoms. The van der Waals surface area contributed by atoms with E-state index in [0.717, 1.165) is 65.8 Å². The zero-order valence-electron chi connectivity index (χ0n) is 28.3. The molecule has 3 aromatic heterocycles. The summed E-state index contributed by atoms with van der Waals surface area (Å²) in [5, 5.41) is 7.27. The van der Waals surface area contributed by atoms with Gasteiger partial charge in [0.1, 0.15) is 11.2 Å². The van der Waals surface area contributed by atoms with Crippen LogP contribution in [0.1, 0.15) is 0 Å². The maximum Gasteiger partial charge on any atom is 0.137 e. The van der Waals surface area contributed by atoms with Gasteiger partial charge in [-0.25, -0.2) is 0 Å². The lowest BCUT2D eigenvalue weighted by molar-refractivity contribution is 0.668. The summed E-state index contributed by atoms with van der Waals surface area (Å²) in [4.78, 5) is 2.39. The molecule has 250 valence electrons. The Kier molecular flexibility index (Phi) is 6.88. The average molecular weight is 762 g/mol. The van der Waals surface area contributed by atoms with E-state index in [-0.39, 0.29) is 0 Å². The third-order valence-corrected chi connectivity index (χ3v) is 12.2. The van der Waals surface area contributed by atoms with Crippen LogP contribution in [0, 0.1) is 0 Å². The number of furan rings is 1. The summed E-state index contributed by atoms with van der Waals surface area (Å²) < 4.78 is 12.6. The molecule has 0 N–H and O–H groups in total. The first-order valence-corrected chi connectivity index (χ1v) is 19.3. The molecular weight excluding hydrogens is 733 g/mol. The highest BCUT2D eigenvalue weighted by Crippen LogP contribution is 2.46. The van der Waals surface area contributed by atoms with Crippen LogP contribution in [0.15, 0.2) is 185 Å². The van der Waals surface area contributed by atoms with Gasteiger partial charge < -0.3 is 13.9 Å². The van der Waals surface area contributed by atoms with Crippen LogP contribution in [0.4, 0.5) is 17.1 Å². The molecule has 0 fully saturated rings. The first kappa shape index (κ1) is 30.5. The Labute approximate surface area is 317 Å². The predicted octanol–water partition coefficient (Wildman–Crippen LogP) is 15.0. The highest BCUT2D eigenvalue weighted by Gasteiger charge is 2.22. The fourth-order valence-electron chi connectivity index (χ4n) is 8.07. The van der Waals surface area contributed by atoms with Gasteiger partial charge in [-0.05, 0) is 72.3 Å². The molecular formula is C48H29BrN2OS. The maximum atomic E-state index is 6.47. The monoisotopic (exact) mass is 760 g/mol. The first-order chi connectivity index (χ1) is 26.2. The van der Waals surface area contributed by atoms with Crippen LogP contribution >= 0.6 is 27.3 Å². The smallest absolute Gasteiger partial charge is 0.137 e. The number of fused-ring (bicyclic) bond motifs is 10. The van der Waals surface area contributed by atoms with Gasteiger partial charge in [0.05, 0.1) is 21.4 Å². The van der Waals surface area contributed by atoms with E-state index >= 15 is 0 Å². The number of nitrogens with zero attached hydrogens (tertiary/aromatic N) is 2. The van der Waals surface area contributed by atoms with Crippen molar-refractivity contribution in [2.24, 2.45) is 0 Å². The minimum absolute atomic E-state index is 0.882. The Balaban J connectivity index is 1.22. The van der Waals surface area contributed by atoms with Crippen LogP contribution in [-0.2, 0) is 0 Å². The number of para-hydroxylation sites is 3. The van der Waals surface area contributed by atoms with Crippen molar-refractivity contribution in [1.29, 1.82) is 0 Å². The third-order valence-electron chi connectivity index (χ3n) is 10.5. The Morgan fingerprint density at radius 2 is 1.21 bits per heavy atom. The Morgan fingerprint density at radius 3 is 2.09 bits per heavy atom. The molecule has 0 aliphatic carbocycles. The lowest BCUT2D eigenvalue weighted by atomic mass is 10.0. The van der Waals surface area contributed by atoms with Gasteiger partial charge in [-0.15, -0.1) is 11.3 Å². The molecule has 0 atom stereocenters. The van der Waals surface area contributed by atoms with E-state index in [1.165, 1.54) is 36.5 Å². The maximum absolute atomic E-state index is 6.47. The fourth-order valence-corrected chi connectivity index (χ4v) is 9.58. The van der Waals surface area contributed by atoms with Gasteiger partial charge in [-0.1, -0.05) is 119 Å². The second-order valence-corrected chi connectivity index (χ2v) is 15.4. The molecule has 0 saturated carbocycles. The van der Waals surface area contributed by atoms with E-state index in [1.54, 1.807) is 0 Å². The number of benzene rings is 8. The molecule has 0 spiro atoms. The second kappa shape index (κ2) is 12.0. The van der Waals surface area contributed by atoms with Crippen molar-refractivity contribution in [2.45, 2.75) is 0 Å². The van der Waals surface area contributed by atoms with Crippen molar-refractivity contribution in [3.8, 4) is 16.8 Å². The van der Waals surface area contributed by atoms with Gasteiger partial charge in [-0.2, -0.15) is 0 Å². The molecule has 0 aliphatic rings. The molecule has 11 aromatic rings. The highest BCUT2D eigenvalue weighted by molar-refractivity contribution is 9.10. The van der Waals surface area contributed by atoms with Gasteiger partial charge in [0.2, 0.25) is 0 Å². The molecule has 0 bridgehead atoms. The zero-order chi connectivity index (χ0) is 35.0. The lowest BCUT2D eigenvalue weighted by Gasteiger charge is -2.28. The number of halogens is 1. The Morgan fingerprint density at radius 1 is 0.509 bits per heavy atom. The predicted molar refractivity (Wildman–Crippen MR) is 229 cm³/mol. The SMILES string of the molecule is Brc1ccc(-c2ccccc2N(c2ccccc2)c2ccc3c4ccc5c6ccccc6sc5c4n(-c4ccc5c(c4)oc4ccccc45)c3c2)cc1. The summed E-state index contributed by atoms with van der Waals surface area (Å²) in [6.45, 7) is 0. The Bertz CT molecular complexity index is 3190. The molecule has 8 aromatic carbocycles. The molecule has 0 saturated heterocycles. The summed E-state index contributed by atoms with van der Waals surface area (Å²) in [7, 11) is 0. The fraction of sp³-hybridized carbons (Fsp3) is 0. The number of hydrogen-bond acceptors (Lipinski definition) is 3. The van der Waals surface area contributed by atoms with Crippen LogP contribution in [0.25, 0.3) is 80.7 Å². The Hall–Kier alpha value is -6.14. The average Bonchev–Trinajstić information content (AvgIpc) is 3.88. The van der Waals surface area contributed by atoms with Gasteiger partial charge in [0.25, 0.3) is 0 Å². The van der Waals surface area contributed by atoms with Crippen molar-refractivity contribution < 1.29 is 4.42 Å². The summed E-state index contributed by atoms with van der Waals surface area (Å²) in [6, 6.07) is 63.2. The van der Waals surface area contributed by atoms with Crippen molar-refractivity contribution in [1.82, 2.24) is 4.57 Å². The van der Waals surface area contributed by atoms with E-state index in [2.05, 4.69) is 189 Å². The van der Waals surface area contributed by atoms with Crippen LogP contribution < -0.4 is 4.90 Å². The van der Waals surface area contributed by atoms with Crippen LogP contribution in [0.5, 0.6) is 0 Å². The van der Waals surface area contributed by atoms with Crippen molar-refractivity contribution in [3.05, 3.63) is 180 Å². The number of hydrogen-bond donors (Lipinski definition) is 0.